The van der Waals surface area contributed by atoms with Crippen LogP contribution in [-0.4, -0.2) is 70.3 Å². The predicted octanol–water partition coefficient (Wildman–Crippen LogP) is 2.40. The topological polar surface area (TPSA) is 56.8 Å². The molecular weight excluding hydrogens is 420 g/mol. The highest BCUT2D eigenvalue weighted by Crippen LogP contribution is 2.21. The third-order valence-corrected chi connectivity index (χ3v) is 5.96. The number of carbonyl (C=O) groups excluding carboxylic acids is 2. The highest BCUT2D eigenvalue weighted by molar-refractivity contribution is 9.10. The first-order valence-electron chi connectivity index (χ1n) is 9.59. The summed E-state index contributed by atoms with van der Waals surface area (Å²) >= 11 is 3.42. The second kappa shape index (κ2) is 8.41. The van der Waals surface area contributed by atoms with Gasteiger partial charge in [-0.05, 0) is 36.8 Å². The van der Waals surface area contributed by atoms with Crippen LogP contribution in [0.2, 0.25) is 0 Å². The van der Waals surface area contributed by atoms with Crippen molar-refractivity contribution in [2.45, 2.75) is 19.0 Å². The Balaban J connectivity index is 1.33. The summed E-state index contributed by atoms with van der Waals surface area (Å²) in [5.74, 6) is 0.230. The van der Waals surface area contributed by atoms with Crippen molar-refractivity contribution in [3.8, 4) is 0 Å². The standard InChI is InChI=1S/C21H23BrN4O2/c22-17-5-3-4-16(14-17)20(27)25-12-10-24(11-13-25)19-7-9-26(21(19)28)15-18-6-1-2-8-23-18/h1-6,8,14,19H,7,9-13,15H2. The summed E-state index contributed by atoms with van der Waals surface area (Å²) in [4.78, 5) is 35.9. The van der Waals surface area contributed by atoms with E-state index in [2.05, 4.69) is 25.8 Å². The Bertz CT molecular complexity index is 852. The molecule has 2 aliphatic rings. The second-order valence-electron chi connectivity index (χ2n) is 7.22. The van der Waals surface area contributed by atoms with Crippen LogP contribution in [0.25, 0.3) is 0 Å². The molecule has 1 atom stereocenters. The number of carbonyl (C=O) groups is 2. The largest absolute Gasteiger partial charge is 0.336 e. The van der Waals surface area contributed by atoms with Crippen molar-refractivity contribution in [3.05, 3.63) is 64.4 Å². The SMILES string of the molecule is O=C(c1cccc(Br)c1)N1CCN(C2CCN(Cc3ccccn3)C2=O)CC1. The quantitative estimate of drug-likeness (QED) is 0.729. The van der Waals surface area contributed by atoms with Gasteiger partial charge in [0.1, 0.15) is 0 Å². The van der Waals surface area contributed by atoms with Gasteiger partial charge in [-0.1, -0.05) is 28.1 Å². The van der Waals surface area contributed by atoms with Crippen molar-refractivity contribution in [1.82, 2.24) is 19.7 Å². The predicted molar refractivity (Wildman–Crippen MR) is 110 cm³/mol. The second-order valence-corrected chi connectivity index (χ2v) is 8.14. The number of aromatic nitrogens is 1. The van der Waals surface area contributed by atoms with Crippen LogP contribution in [0.4, 0.5) is 0 Å². The zero-order chi connectivity index (χ0) is 19.5. The first-order chi connectivity index (χ1) is 13.6. The summed E-state index contributed by atoms with van der Waals surface area (Å²) in [7, 11) is 0. The third kappa shape index (κ3) is 4.10. The van der Waals surface area contributed by atoms with E-state index in [4.69, 9.17) is 0 Å². The molecule has 6 nitrogen and oxygen atoms in total. The Morgan fingerprint density at radius 1 is 1.07 bits per heavy atom. The number of halogens is 1. The number of benzene rings is 1. The molecule has 0 radical (unpaired) electrons. The van der Waals surface area contributed by atoms with E-state index in [0.29, 0.717) is 25.2 Å². The number of pyridine rings is 1. The van der Waals surface area contributed by atoms with E-state index in [1.807, 2.05) is 52.3 Å². The lowest BCUT2D eigenvalue weighted by molar-refractivity contribution is -0.133. The number of rotatable bonds is 4. The molecule has 0 bridgehead atoms. The van der Waals surface area contributed by atoms with Gasteiger partial charge < -0.3 is 9.80 Å². The molecule has 146 valence electrons. The van der Waals surface area contributed by atoms with Gasteiger partial charge in [0.25, 0.3) is 5.91 Å². The van der Waals surface area contributed by atoms with Crippen molar-refractivity contribution < 1.29 is 9.59 Å². The normalized spacial score (nSPS) is 20.6. The van der Waals surface area contributed by atoms with E-state index >= 15 is 0 Å². The Kier molecular flexibility index (Phi) is 5.73. The van der Waals surface area contributed by atoms with Gasteiger partial charge in [-0.25, -0.2) is 0 Å². The molecule has 1 aromatic heterocycles. The average Bonchev–Trinajstić information content (AvgIpc) is 3.08. The fraction of sp³-hybridized carbons (Fsp3) is 0.381. The first kappa shape index (κ1) is 19.1. The molecule has 28 heavy (non-hydrogen) atoms. The molecular formula is C21H23BrN4O2. The van der Waals surface area contributed by atoms with E-state index in [1.54, 1.807) is 6.20 Å². The summed E-state index contributed by atoms with van der Waals surface area (Å²) in [6.45, 7) is 4.08. The Morgan fingerprint density at radius 2 is 1.89 bits per heavy atom. The lowest BCUT2D eigenvalue weighted by Crippen LogP contribution is -2.53. The fourth-order valence-corrected chi connectivity index (χ4v) is 4.35. The minimum absolute atomic E-state index is 0.0514. The van der Waals surface area contributed by atoms with Crippen molar-refractivity contribution >= 4 is 27.7 Å². The molecule has 0 aliphatic carbocycles. The average molecular weight is 443 g/mol. The van der Waals surface area contributed by atoms with Crippen LogP contribution in [-0.2, 0) is 11.3 Å². The molecule has 2 fully saturated rings. The number of hydrogen-bond donors (Lipinski definition) is 0. The van der Waals surface area contributed by atoms with Gasteiger partial charge >= 0.3 is 0 Å². The number of piperazine rings is 1. The lowest BCUT2D eigenvalue weighted by Gasteiger charge is -2.37. The van der Waals surface area contributed by atoms with Crippen LogP contribution < -0.4 is 0 Å². The Morgan fingerprint density at radius 3 is 2.61 bits per heavy atom. The maximum absolute atomic E-state index is 12.9. The van der Waals surface area contributed by atoms with Crippen LogP contribution in [0.3, 0.4) is 0 Å². The van der Waals surface area contributed by atoms with E-state index in [-0.39, 0.29) is 17.9 Å². The molecule has 0 spiro atoms. The number of nitrogens with zero attached hydrogens (tertiary/aromatic N) is 4. The molecule has 7 heteroatoms. The van der Waals surface area contributed by atoms with Gasteiger partial charge in [-0.2, -0.15) is 0 Å². The smallest absolute Gasteiger partial charge is 0.253 e. The zero-order valence-electron chi connectivity index (χ0n) is 15.6. The summed E-state index contributed by atoms with van der Waals surface area (Å²) in [5.41, 5.74) is 1.61. The van der Waals surface area contributed by atoms with Crippen LogP contribution in [0.5, 0.6) is 0 Å². The maximum Gasteiger partial charge on any atom is 0.253 e. The number of likely N-dealkylation sites (tertiary alicyclic amines) is 1. The van der Waals surface area contributed by atoms with Crippen LogP contribution in [0.1, 0.15) is 22.5 Å². The van der Waals surface area contributed by atoms with Crippen molar-refractivity contribution in [1.29, 1.82) is 0 Å². The van der Waals surface area contributed by atoms with E-state index in [9.17, 15) is 9.59 Å². The number of amides is 2. The molecule has 1 unspecified atom stereocenters. The van der Waals surface area contributed by atoms with Crippen LogP contribution >= 0.6 is 15.9 Å². The van der Waals surface area contributed by atoms with Gasteiger partial charge in [0.05, 0.1) is 18.3 Å². The molecule has 2 amide bonds. The van der Waals surface area contributed by atoms with Crippen molar-refractivity contribution in [2.24, 2.45) is 0 Å². The zero-order valence-corrected chi connectivity index (χ0v) is 17.2. The molecule has 3 heterocycles. The summed E-state index contributed by atoms with van der Waals surface area (Å²) < 4.78 is 0.904. The van der Waals surface area contributed by atoms with Crippen LogP contribution in [0.15, 0.2) is 53.1 Å². The maximum atomic E-state index is 12.9. The lowest BCUT2D eigenvalue weighted by atomic mass is 10.1. The highest BCUT2D eigenvalue weighted by atomic mass is 79.9. The van der Waals surface area contributed by atoms with Crippen LogP contribution in [0, 0.1) is 0 Å². The van der Waals surface area contributed by atoms with E-state index in [1.165, 1.54) is 0 Å². The third-order valence-electron chi connectivity index (χ3n) is 5.46. The highest BCUT2D eigenvalue weighted by Gasteiger charge is 2.37. The summed E-state index contributed by atoms with van der Waals surface area (Å²) in [6.07, 6.45) is 2.60. The Hall–Kier alpha value is -2.25. The van der Waals surface area contributed by atoms with Crippen molar-refractivity contribution in [3.63, 3.8) is 0 Å². The summed E-state index contributed by atoms with van der Waals surface area (Å²) in [5, 5.41) is 0. The molecule has 2 saturated heterocycles. The molecule has 2 aliphatic heterocycles. The van der Waals surface area contributed by atoms with E-state index < -0.39 is 0 Å². The fourth-order valence-electron chi connectivity index (χ4n) is 3.95. The van der Waals surface area contributed by atoms with Gasteiger partial charge in [0.2, 0.25) is 5.91 Å². The molecule has 0 saturated carbocycles. The molecule has 4 rings (SSSR count). The van der Waals surface area contributed by atoms with Gasteiger partial charge in [-0.15, -0.1) is 0 Å². The first-order valence-corrected chi connectivity index (χ1v) is 10.4. The minimum atomic E-state index is -0.0770. The minimum Gasteiger partial charge on any atom is -0.336 e. The monoisotopic (exact) mass is 442 g/mol. The van der Waals surface area contributed by atoms with Gasteiger partial charge in [0, 0.05) is 49.0 Å². The summed E-state index contributed by atoms with van der Waals surface area (Å²) in [6, 6.07) is 13.2. The number of hydrogen-bond acceptors (Lipinski definition) is 4. The van der Waals surface area contributed by atoms with Crippen molar-refractivity contribution in [2.75, 3.05) is 32.7 Å². The van der Waals surface area contributed by atoms with Gasteiger partial charge in [0.15, 0.2) is 0 Å². The molecule has 1 aromatic carbocycles. The molecule has 2 aromatic rings. The Labute approximate surface area is 173 Å². The van der Waals surface area contributed by atoms with E-state index in [0.717, 1.165) is 36.2 Å². The van der Waals surface area contributed by atoms with Gasteiger partial charge in [-0.3, -0.25) is 19.5 Å². The molecule has 0 N–H and O–H groups in total.